The molecule has 1 aliphatic rings. The van der Waals surface area contributed by atoms with E-state index in [1.165, 1.54) is 12.8 Å². The molecular formula is C12H19NO. The summed E-state index contributed by atoms with van der Waals surface area (Å²) in [4.78, 5) is 0. The summed E-state index contributed by atoms with van der Waals surface area (Å²) in [5, 5.41) is 3.50. The first-order chi connectivity index (χ1) is 6.79. The van der Waals surface area contributed by atoms with E-state index in [-0.39, 0.29) is 0 Å². The van der Waals surface area contributed by atoms with Crippen molar-refractivity contribution >= 4 is 0 Å². The van der Waals surface area contributed by atoms with Crippen molar-refractivity contribution in [1.29, 1.82) is 0 Å². The lowest BCUT2D eigenvalue weighted by Crippen LogP contribution is -2.20. The lowest BCUT2D eigenvalue weighted by Gasteiger charge is -2.10. The number of aryl methyl sites for hydroxylation is 1. The van der Waals surface area contributed by atoms with Crippen LogP contribution in [-0.4, -0.2) is 6.54 Å². The normalized spacial score (nSPS) is 18.4. The van der Waals surface area contributed by atoms with Crippen molar-refractivity contribution in [2.75, 3.05) is 6.54 Å². The van der Waals surface area contributed by atoms with Crippen LogP contribution in [0.1, 0.15) is 44.3 Å². The van der Waals surface area contributed by atoms with Gasteiger partial charge in [-0.05, 0) is 44.4 Å². The summed E-state index contributed by atoms with van der Waals surface area (Å²) < 4.78 is 5.68. The Hall–Kier alpha value is -0.760. The van der Waals surface area contributed by atoms with Gasteiger partial charge in [-0.2, -0.15) is 0 Å². The molecule has 1 fully saturated rings. The van der Waals surface area contributed by atoms with E-state index in [0.29, 0.717) is 6.04 Å². The SMILES string of the molecule is CCc1ccc(C(C)NCC2CC2)o1. The molecule has 1 atom stereocenters. The molecule has 1 aliphatic carbocycles. The summed E-state index contributed by atoms with van der Waals surface area (Å²) in [6.45, 7) is 5.43. The predicted molar refractivity (Wildman–Crippen MR) is 57.2 cm³/mol. The van der Waals surface area contributed by atoms with E-state index in [2.05, 4.69) is 31.3 Å². The van der Waals surface area contributed by atoms with Gasteiger partial charge >= 0.3 is 0 Å². The highest BCUT2D eigenvalue weighted by atomic mass is 16.3. The van der Waals surface area contributed by atoms with Crippen LogP contribution in [0.25, 0.3) is 0 Å². The summed E-state index contributed by atoms with van der Waals surface area (Å²) in [5.74, 6) is 3.08. The summed E-state index contributed by atoms with van der Waals surface area (Å²) in [6, 6.07) is 4.52. The molecule has 0 aromatic carbocycles. The maximum absolute atomic E-state index is 5.68. The fraction of sp³-hybridized carbons (Fsp3) is 0.667. The number of furan rings is 1. The van der Waals surface area contributed by atoms with Crippen molar-refractivity contribution in [3.63, 3.8) is 0 Å². The third kappa shape index (κ3) is 2.38. The van der Waals surface area contributed by atoms with Crippen LogP contribution in [0.5, 0.6) is 0 Å². The lowest BCUT2D eigenvalue weighted by molar-refractivity contribution is 0.405. The Morgan fingerprint density at radius 2 is 2.29 bits per heavy atom. The molecule has 2 nitrogen and oxygen atoms in total. The molecule has 1 N–H and O–H groups in total. The minimum Gasteiger partial charge on any atom is -0.464 e. The van der Waals surface area contributed by atoms with Gasteiger partial charge in [-0.25, -0.2) is 0 Å². The molecule has 0 radical (unpaired) electrons. The molecule has 1 aromatic rings. The van der Waals surface area contributed by atoms with Crippen LogP contribution in [0, 0.1) is 5.92 Å². The van der Waals surface area contributed by atoms with Gasteiger partial charge in [0.05, 0.1) is 6.04 Å². The first-order valence-electron chi connectivity index (χ1n) is 5.61. The standard InChI is InChI=1S/C12H19NO/c1-3-11-6-7-12(14-11)9(2)13-8-10-4-5-10/h6-7,9-10,13H,3-5,8H2,1-2H3. The van der Waals surface area contributed by atoms with Gasteiger partial charge in [0.2, 0.25) is 0 Å². The fourth-order valence-corrected chi connectivity index (χ4v) is 1.58. The Morgan fingerprint density at radius 3 is 2.86 bits per heavy atom. The highest BCUT2D eigenvalue weighted by Gasteiger charge is 2.22. The van der Waals surface area contributed by atoms with Crippen LogP contribution < -0.4 is 5.32 Å². The largest absolute Gasteiger partial charge is 0.464 e. The second-order valence-corrected chi connectivity index (χ2v) is 4.23. The van der Waals surface area contributed by atoms with Crippen molar-refractivity contribution in [2.45, 2.75) is 39.2 Å². The van der Waals surface area contributed by atoms with Gasteiger partial charge in [0.15, 0.2) is 0 Å². The van der Waals surface area contributed by atoms with E-state index < -0.39 is 0 Å². The van der Waals surface area contributed by atoms with Crippen molar-refractivity contribution in [2.24, 2.45) is 5.92 Å². The zero-order chi connectivity index (χ0) is 9.97. The lowest BCUT2D eigenvalue weighted by atomic mass is 10.2. The number of nitrogens with one attached hydrogen (secondary N) is 1. The maximum atomic E-state index is 5.68. The van der Waals surface area contributed by atoms with E-state index in [1.54, 1.807) is 0 Å². The van der Waals surface area contributed by atoms with Crippen LogP contribution in [0.4, 0.5) is 0 Å². The first-order valence-corrected chi connectivity index (χ1v) is 5.61. The summed E-state index contributed by atoms with van der Waals surface area (Å²) in [7, 11) is 0. The molecule has 14 heavy (non-hydrogen) atoms. The molecule has 1 saturated carbocycles. The van der Waals surface area contributed by atoms with Crippen molar-refractivity contribution < 1.29 is 4.42 Å². The maximum Gasteiger partial charge on any atom is 0.120 e. The molecule has 0 bridgehead atoms. The molecule has 0 amide bonds. The van der Waals surface area contributed by atoms with E-state index in [9.17, 15) is 0 Å². The van der Waals surface area contributed by atoms with Crippen molar-refractivity contribution in [1.82, 2.24) is 5.32 Å². The number of hydrogen-bond donors (Lipinski definition) is 1. The Kier molecular flexibility index (Phi) is 2.92. The molecule has 0 aliphatic heterocycles. The van der Waals surface area contributed by atoms with Gasteiger partial charge < -0.3 is 9.73 Å². The molecule has 2 heteroatoms. The second-order valence-electron chi connectivity index (χ2n) is 4.23. The van der Waals surface area contributed by atoms with Crippen molar-refractivity contribution in [3.05, 3.63) is 23.7 Å². The number of hydrogen-bond acceptors (Lipinski definition) is 2. The first kappa shape index (κ1) is 9.78. The van der Waals surface area contributed by atoms with Gasteiger partial charge in [0.1, 0.15) is 11.5 Å². The molecule has 2 rings (SSSR count). The summed E-state index contributed by atoms with van der Waals surface area (Å²) in [5.41, 5.74) is 0. The summed E-state index contributed by atoms with van der Waals surface area (Å²) >= 11 is 0. The van der Waals surface area contributed by atoms with Crippen LogP contribution in [-0.2, 0) is 6.42 Å². The highest BCUT2D eigenvalue weighted by Crippen LogP contribution is 2.28. The molecule has 0 saturated heterocycles. The van der Waals surface area contributed by atoms with Crippen LogP contribution >= 0.6 is 0 Å². The van der Waals surface area contributed by atoms with Gasteiger partial charge in [0, 0.05) is 6.42 Å². The third-order valence-corrected chi connectivity index (χ3v) is 2.87. The van der Waals surface area contributed by atoms with Crippen LogP contribution in [0.3, 0.4) is 0 Å². The zero-order valence-electron chi connectivity index (χ0n) is 9.05. The van der Waals surface area contributed by atoms with E-state index >= 15 is 0 Å². The van der Waals surface area contributed by atoms with E-state index in [4.69, 9.17) is 4.42 Å². The number of rotatable bonds is 5. The molecule has 0 spiro atoms. The average Bonchev–Trinajstić information content (AvgIpc) is 2.90. The monoisotopic (exact) mass is 193 g/mol. The van der Waals surface area contributed by atoms with Gasteiger partial charge in [-0.15, -0.1) is 0 Å². The smallest absolute Gasteiger partial charge is 0.120 e. The summed E-state index contributed by atoms with van der Waals surface area (Å²) in [6.07, 6.45) is 3.78. The Balaban J connectivity index is 1.85. The van der Waals surface area contributed by atoms with Gasteiger partial charge in [-0.3, -0.25) is 0 Å². The zero-order valence-corrected chi connectivity index (χ0v) is 9.05. The quantitative estimate of drug-likeness (QED) is 0.777. The Bertz CT molecular complexity index is 288. The fourth-order valence-electron chi connectivity index (χ4n) is 1.58. The van der Waals surface area contributed by atoms with E-state index in [1.807, 2.05) is 0 Å². The average molecular weight is 193 g/mol. The minimum atomic E-state index is 0.357. The third-order valence-electron chi connectivity index (χ3n) is 2.87. The Labute approximate surface area is 85.7 Å². The molecular weight excluding hydrogens is 174 g/mol. The topological polar surface area (TPSA) is 25.2 Å². The van der Waals surface area contributed by atoms with Crippen molar-refractivity contribution in [3.8, 4) is 0 Å². The molecule has 78 valence electrons. The minimum absolute atomic E-state index is 0.357. The van der Waals surface area contributed by atoms with E-state index in [0.717, 1.165) is 30.4 Å². The predicted octanol–water partition coefficient (Wildman–Crippen LogP) is 2.90. The van der Waals surface area contributed by atoms with Gasteiger partial charge in [0.25, 0.3) is 0 Å². The molecule has 1 aromatic heterocycles. The second kappa shape index (κ2) is 4.18. The highest BCUT2D eigenvalue weighted by molar-refractivity contribution is 5.10. The Morgan fingerprint density at radius 1 is 1.50 bits per heavy atom. The molecule has 1 unspecified atom stereocenters. The van der Waals surface area contributed by atoms with Gasteiger partial charge in [-0.1, -0.05) is 6.92 Å². The molecule has 1 heterocycles. The van der Waals surface area contributed by atoms with Crippen LogP contribution in [0.15, 0.2) is 16.5 Å². The van der Waals surface area contributed by atoms with Crippen LogP contribution in [0.2, 0.25) is 0 Å².